The van der Waals surface area contributed by atoms with Crippen LogP contribution >= 0.6 is 0 Å². The molecule has 4 unspecified atom stereocenters. The number of nitrogens with zero attached hydrogens (tertiary/aromatic N) is 1. The highest BCUT2D eigenvalue weighted by atomic mass is 16.5. The van der Waals surface area contributed by atoms with Gasteiger partial charge in [-0.15, -0.1) is 0 Å². The number of aliphatic hydroxyl groups excluding tert-OH is 1. The van der Waals surface area contributed by atoms with Gasteiger partial charge in [-0.3, -0.25) is 4.90 Å². The largest absolute Gasteiger partial charge is 0.493 e. The summed E-state index contributed by atoms with van der Waals surface area (Å²) in [5.41, 5.74) is 2.42. The number of ether oxygens (including phenoxy) is 2. The number of methoxy groups -OCH3 is 1. The highest BCUT2D eigenvalue weighted by Crippen LogP contribution is 2.66. The number of rotatable bonds is 1. The van der Waals surface area contributed by atoms with E-state index in [0.29, 0.717) is 18.0 Å². The molecule has 1 saturated carbocycles. The summed E-state index contributed by atoms with van der Waals surface area (Å²) in [6.45, 7) is 2.15. The number of aryl methyl sites for hydroxylation is 1. The quantitative estimate of drug-likeness (QED) is 0.632. The fraction of sp³-hybridized carbons (Fsp3) is 0.556. The van der Waals surface area contributed by atoms with E-state index in [4.69, 9.17) is 9.47 Å². The predicted molar refractivity (Wildman–Crippen MR) is 82.4 cm³/mol. The maximum atomic E-state index is 10.5. The number of aliphatic hydroxyl groups is 1. The first-order valence-electron chi connectivity index (χ1n) is 8.02. The molecule has 1 spiro atoms. The molecule has 4 nitrogen and oxygen atoms in total. The summed E-state index contributed by atoms with van der Waals surface area (Å²) in [4.78, 5) is 2.45. The summed E-state index contributed by atoms with van der Waals surface area (Å²) in [6.07, 6.45) is 4.48. The third-order valence-electron chi connectivity index (χ3n) is 6.40. The Kier molecular flexibility index (Phi) is 2.28. The van der Waals surface area contributed by atoms with Gasteiger partial charge < -0.3 is 14.6 Å². The smallest absolute Gasteiger partial charge is 0.165 e. The van der Waals surface area contributed by atoms with Crippen LogP contribution < -0.4 is 9.47 Å². The van der Waals surface area contributed by atoms with Gasteiger partial charge in [0.15, 0.2) is 11.5 Å². The van der Waals surface area contributed by atoms with Crippen molar-refractivity contribution in [3.63, 3.8) is 0 Å². The van der Waals surface area contributed by atoms with Crippen molar-refractivity contribution in [1.82, 2.24) is 4.90 Å². The molecular formula is C18H21NO3. The molecule has 2 heterocycles. The second-order valence-corrected chi connectivity index (χ2v) is 7.20. The average Bonchev–Trinajstić information content (AvgIpc) is 2.88. The monoisotopic (exact) mass is 299 g/mol. The maximum absolute atomic E-state index is 10.5. The van der Waals surface area contributed by atoms with Crippen molar-refractivity contribution >= 4 is 0 Å². The Morgan fingerprint density at radius 1 is 1.36 bits per heavy atom. The second-order valence-electron chi connectivity index (χ2n) is 7.20. The summed E-state index contributed by atoms with van der Waals surface area (Å²) in [7, 11) is 3.88. The van der Waals surface area contributed by atoms with Gasteiger partial charge in [-0.05, 0) is 32.0 Å². The Hall–Kier alpha value is -1.52. The molecule has 5 rings (SSSR count). The van der Waals surface area contributed by atoms with Crippen molar-refractivity contribution in [2.24, 2.45) is 5.92 Å². The van der Waals surface area contributed by atoms with E-state index in [9.17, 15) is 5.11 Å². The van der Waals surface area contributed by atoms with Crippen molar-refractivity contribution in [2.75, 3.05) is 14.2 Å². The van der Waals surface area contributed by atoms with Gasteiger partial charge in [-0.2, -0.15) is 0 Å². The van der Waals surface area contributed by atoms with E-state index in [1.165, 1.54) is 11.1 Å². The molecule has 2 aliphatic heterocycles. The topological polar surface area (TPSA) is 41.7 Å². The molecule has 7 atom stereocenters. The van der Waals surface area contributed by atoms with E-state index in [1.807, 2.05) is 12.1 Å². The summed E-state index contributed by atoms with van der Waals surface area (Å²) in [6, 6.07) is 5.29. The van der Waals surface area contributed by atoms with Gasteiger partial charge in [0.2, 0.25) is 0 Å². The molecule has 0 amide bonds. The number of benzene rings is 1. The lowest BCUT2D eigenvalue weighted by molar-refractivity contribution is 0.00567. The molecule has 1 saturated heterocycles. The fourth-order valence-corrected chi connectivity index (χ4v) is 5.44. The van der Waals surface area contributed by atoms with Crippen LogP contribution in [0.15, 0.2) is 24.3 Å². The number of fused-ring (bicyclic) bond motifs is 3. The van der Waals surface area contributed by atoms with Crippen molar-refractivity contribution in [2.45, 2.75) is 43.1 Å². The van der Waals surface area contributed by atoms with Gasteiger partial charge in [0, 0.05) is 29.0 Å². The normalized spacial score (nSPS) is 46.4. The molecular weight excluding hydrogens is 278 g/mol. The van der Waals surface area contributed by atoms with E-state index in [0.717, 1.165) is 17.9 Å². The Morgan fingerprint density at radius 2 is 2.18 bits per heavy atom. The first-order chi connectivity index (χ1) is 10.6. The number of hydrogen-bond donors (Lipinski definition) is 1. The molecule has 22 heavy (non-hydrogen) atoms. The minimum Gasteiger partial charge on any atom is -0.493 e. The Balaban J connectivity index is 1.76. The van der Waals surface area contributed by atoms with Gasteiger partial charge in [0.25, 0.3) is 0 Å². The molecule has 1 aromatic carbocycles. The van der Waals surface area contributed by atoms with Crippen LogP contribution in [0.4, 0.5) is 0 Å². The highest BCUT2D eigenvalue weighted by Gasteiger charge is 2.72. The number of likely N-dealkylation sites (N-methyl/N-ethyl adjacent to an activating group) is 1. The van der Waals surface area contributed by atoms with Crippen LogP contribution in [0.3, 0.4) is 0 Å². The molecule has 116 valence electrons. The molecule has 2 fully saturated rings. The molecule has 1 aromatic rings. The van der Waals surface area contributed by atoms with Crippen molar-refractivity contribution in [3.05, 3.63) is 35.4 Å². The van der Waals surface area contributed by atoms with Crippen LogP contribution in [-0.2, 0) is 5.41 Å². The predicted octanol–water partition coefficient (Wildman–Crippen LogP) is 1.64. The van der Waals surface area contributed by atoms with Crippen molar-refractivity contribution < 1.29 is 14.6 Å². The lowest BCUT2D eigenvalue weighted by atomic mass is 9.63. The minimum absolute atomic E-state index is 0.0933. The maximum Gasteiger partial charge on any atom is 0.165 e. The van der Waals surface area contributed by atoms with E-state index >= 15 is 0 Å². The van der Waals surface area contributed by atoms with E-state index in [-0.39, 0.29) is 11.5 Å². The minimum atomic E-state index is -0.546. The number of likely N-dealkylation sites (tertiary alicyclic amines) is 1. The number of hydrogen-bond acceptors (Lipinski definition) is 4. The van der Waals surface area contributed by atoms with Gasteiger partial charge in [0.05, 0.1) is 7.11 Å². The zero-order valence-electron chi connectivity index (χ0n) is 13.1. The first kappa shape index (κ1) is 13.0. The molecule has 0 bridgehead atoms. The Morgan fingerprint density at radius 3 is 2.95 bits per heavy atom. The third-order valence-corrected chi connectivity index (χ3v) is 6.40. The van der Waals surface area contributed by atoms with Crippen molar-refractivity contribution in [3.8, 4) is 11.5 Å². The summed E-state index contributed by atoms with van der Waals surface area (Å²) >= 11 is 0. The lowest BCUT2D eigenvalue weighted by Crippen LogP contribution is -2.52. The highest BCUT2D eigenvalue weighted by molar-refractivity contribution is 5.61. The molecule has 4 heteroatoms. The second kappa shape index (κ2) is 3.87. The zero-order chi connectivity index (χ0) is 15.2. The van der Waals surface area contributed by atoms with Crippen LogP contribution in [0.1, 0.15) is 17.5 Å². The molecule has 2 aliphatic carbocycles. The number of piperidine rings is 1. The molecule has 0 aromatic heterocycles. The van der Waals surface area contributed by atoms with Gasteiger partial charge in [0.1, 0.15) is 12.2 Å². The van der Waals surface area contributed by atoms with E-state index in [1.54, 1.807) is 7.11 Å². The van der Waals surface area contributed by atoms with Crippen LogP contribution in [0.25, 0.3) is 0 Å². The molecule has 4 aliphatic rings. The van der Waals surface area contributed by atoms with E-state index in [2.05, 4.69) is 31.0 Å². The van der Waals surface area contributed by atoms with Crippen LogP contribution in [0, 0.1) is 12.8 Å². The summed E-state index contributed by atoms with van der Waals surface area (Å²) in [5.74, 6) is 2.05. The molecule has 1 N–H and O–H groups in total. The zero-order valence-corrected chi connectivity index (χ0v) is 13.1. The lowest BCUT2D eigenvalue weighted by Gasteiger charge is -2.42. The SMILES string of the molecule is COc1ccc(C)c2c1O[C@H]1C(O)C=C[C@H]3C4C(C[C@@]231)N4C. The van der Waals surface area contributed by atoms with Crippen molar-refractivity contribution in [1.29, 1.82) is 0 Å². The first-order valence-corrected chi connectivity index (χ1v) is 8.02. The fourth-order valence-electron chi connectivity index (χ4n) is 5.44. The third kappa shape index (κ3) is 1.24. The average molecular weight is 299 g/mol. The summed E-state index contributed by atoms with van der Waals surface area (Å²) < 4.78 is 11.8. The van der Waals surface area contributed by atoms with E-state index < -0.39 is 6.10 Å². The van der Waals surface area contributed by atoms with Gasteiger partial charge >= 0.3 is 0 Å². The van der Waals surface area contributed by atoms with Crippen LogP contribution in [0.5, 0.6) is 11.5 Å². The Bertz CT molecular complexity index is 700. The van der Waals surface area contributed by atoms with Gasteiger partial charge in [-0.1, -0.05) is 18.2 Å². The van der Waals surface area contributed by atoms with Crippen LogP contribution in [-0.4, -0.2) is 48.5 Å². The Labute approximate surface area is 130 Å². The standard InChI is InChI=1S/C18H21NO3/c1-9-4-7-13(21-3)16-14(9)18-8-11-15(19(11)2)10(18)5-6-12(20)17(18)22-16/h4-7,10-12,15,17,20H,8H2,1-3H3/t10-,11?,12?,15?,17-,18-,19?/m0/s1. The summed E-state index contributed by atoms with van der Waals surface area (Å²) in [5, 5.41) is 10.5. The molecule has 0 radical (unpaired) electrons. The van der Waals surface area contributed by atoms with Crippen LogP contribution in [0.2, 0.25) is 0 Å². The van der Waals surface area contributed by atoms with Gasteiger partial charge in [-0.25, -0.2) is 0 Å².